The summed E-state index contributed by atoms with van der Waals surface area (Å²) in [6.07, 6.45) is 0.750. The number of carbonyl (C=O) groups excluding carboxylic acids is 1. The first kappa shape index (κ1) is 9.03. The Hall–Kier alpha value is -0.0400. The van der Waals surface area contributed by atoms with Gasteiger partial charge in [-0.15, -0.1) is 0 Å². The molecule has 0 aromatic rings. The Balaban J connectivity index is 0. The van der Waals surface area contributed by atoms with E-state index >= 15 is 0 Å². The third kappa shape index (κ3) is 1130. The Kier molecular flexibility index (Phi) is 27.9. The van der Waals surface area contributed by atoms with Gasteiger partial charge in [0.2, 0.25) is 0 Å². The number of halogens is 1. The van der Waals surface area contributed by atoms with E-state index in [-0.39, 0.29) is 12.4 Å². The Morgan fingerprint density at radius 1 is 1.75 bits per heavy atom. The van der Waals surface area contributed by atoms with Crippen molar-refractivity contribution in [2.75, 3.05) is 0 Å². The fourth-order valence-electron chi connectivity index (χ4n) is 0. The maximum Gasteiger partial charge on any atom is 0.116 e. The predicted octanol–water partition coefficient (Wildman–Crippen LogP) is -2.79. The van der Waals surface area contributed by atoms with Gasteiger partial charge in [0.25, 0.3) is 0 Å². The van der Waals surface area contributed by atoms with Crippen LogP contribution in [0.4, 0.5) is 0 Å². The predicted molar refractivity (Wildman–Crippen MR) is 11.7 cm³/mol. The van der Waals surface area contributed by atoms with E-state index in [0.29, 0.717) is 0 Å². The van der Waals surface area contributed by atoms with E-state index in [4.69, 9.17) is 4.79 Å². The zero-order chi connectivity index (χ0) is 2.71. The minimum absolute atomic E-state index is 0. The lowest BCUT2D eigenvalue weighted by molar-refractivity contribution is -0.106. The van der Waals surface area contributed by atoms with Crippen LogP contribution in [0.5, 0.6) is 0 Å². The molecule has 0 aliphatic carbocycles. The molecule has 0 spiro atoms. The van der Waals surface area contributed by atoms with Crippen molar-refractivity contribution in [3.05, 3.63) is 0 Å². The topological polar surface area (TPSA) is 17.1 Å². The molecule has 0 radical (unpaired) electrons. The minimum atomic E-state index is 0. The fourth-order valence-corrected chi connectivity index (χ4v) is 0. The summed E-state index contributed by atoms with van der Waals surface area (Å²) < 4.78 is 0. The Morgan fingerprint density at radius 3 is 1.75 bits per heavy atom. The minimum Gasteiger partial charge on any atom is -1.00 e. The molecule has 2 heteroatoms. The molecule has 0 aromatic carbocycles. The lowest BCUT2D eigenvalue weighted by Gasteiger charge is -1.23. The van der Waals surface area contributed by atoms with E-state index < -0.39 is 0 Å². The van der Waals surface area contributed by atoms with Gasteiger partial charge in [-0.3, -0.25) is 0 Å². The van der Waals surface area contributed by atoms with Crippen molar-refractivity contribution in [1.82, 2.24) is 0 Å². The van der Waals surface area contributed by atoms with E-state index in [1.54, 1.807) is 0 Å². The van der Waals surface area contributed by atoms with E-state index in [2.05, 4.69) is 0 Å². The molecule has 0 bridgehead atoms. The number of aldehydes is 1. The van der Waals surface area contributed by atoms with E-state index in [0.717, 1.165) is 6.29 Å². The van der Waals surface area contributed by atoms with Gasteiger partial charge in [-0.05, 0) is 6.92 Å². The lowest BCUT2D eigenvalue weighted by atomic mass is 11.0. The van der Waals surface area contributed by atoms with Gasteiger partial charge < -0.3 is 17.2 Å². The second-order valence-electron chi connectivity index (χ2n) is 0.236. The summed E-state index contributed by atoms with van der Waals surface area (Å²) in [6.45, 7) is 1.44. The summed E-state index contributed by atoms with van der Waals surface area (Å²) >= 11 is 0. The molecule has 4 heavy (non-hydrogen) atoms. The molecular weight excluding hydrogens is 75.5 g/mol. The maximum atomic E-state index is 8.81. The van der Waals surface area contributed by atoms with Crippen LogP contribution in [0, 0.1) is 0 Å². The van der Waals surface area contributed by atoms with E-state index in [1.807, 2.05) is 0 Å². The van der Waals surface area contributed by atoms with Crippen LogP contribution in [0.3, 0.4) is 0 Å². The average molecular weight is 79.5 g/mol. The largest absolute Gasteiger partial charge is 1.00 e. The molecule has 0 rings (SSSR count). The molecule has 0 heterocycles. The van der Waals surface area contributed by atoms with Gasteiger partial charge in [0.1, 0.15) is 6.29 Å². The van der Waals surface area contributed by atoms with Crippen LogP contribution in [0.25, 0.3) is 0 Å². The van der Waals surface area contributed by atoms with Crippen LogP contribution >= 0.6 is 0 Å². The van der Waals surface area contributed by atoms with Crippen LogP contribution in [0.1, 0.15) is 6.92 Å². The second-order valence-corrected chi connectivity index (χ2v) is 0.236. The number of hydrogen-bond donors (Lipinski definition) is 0. The van der Waals surface area contributed by atoms with Gasteiger partial charge >= 0.3 is 0 Å². The fraction of sp³-hybridized carbons (Fsp3) is 0.500. The summed E-state index contributed by atoms with van der Waals surface area (Å²) in [5.41, 5.74) is 0. The molecule has 0 saturated heterocycles. The van der Waals surface area contributed by atoms with Crippen LogP contribution < -0.4 is 12.4 Å². The van der Waals surface area contributed by atoms with Gasteiger partial charge in [0.05, 0.1) is 0 Å². The smallest absolute Gasteiger partial charge is 0.116 e. The SMILES string of the molecule is CC=O.[Cl-]. The number of rotatable bonds is 0. The van der Waals surface area contributed by atoms with Crippen LogP contribution in [0.2, 0.25) is 0 Å². The molecule has 0 aliphatic heterocycles. The highest BCUT2D eigenvalue weighted by Gasteiger charge is 1.24. The average Bonchev–Trinajstić information content (AvgIpc) is 0.918. The number of hydrogen-bond acceptors (Lipinski definition) is 1. The molecule has 0 N–H and O–H groups in total. The summed E-state index contributed by atoms with van der Waals surface area (Å²) in [5.74, 6) is 0. The van der Waals surface area contributed by atoms with Crippen molar-refractivity contribution in [3.63, 3.8) is 0 Å². The summed E-state index contributed by atoms with van der Waals surface area (Å²) in [6, 6.07) is 0. The van der Waals surface area contributed by atoms with Crippen LogP contribution in [-0.4, -0.2) is 6.29 Å². The zero-order valence-electron chi connectivity index (χ0n) is 2.36. The maximum absolute atomic E-state index is 8.81. The molecule has 0 atom stereocenters. The summed E-state index contributed by atoms with van der Waals surface area (Å²) in [7, 11) is 0. The molecule has 0 saturated carbocycles. The van der Waals surface area contributed by atoms with Crippen molar-refractivity contribution in [2.45, 2.75) is 6.92 Å². The Labute approximate surface area is 31.4 Å². The van der Waals surface area contributed by atoms with Gasteiger partial charge in [0.15, 0.2) is 0 Å². The van der Waals surface area contributed by atoms with Gasteiger partial charge in [-0.25, -0.2) is 0 Å². The van der Waals surface area contributed by atoms with E-state index in [1.165, 1.54) is 6.92 Å². The van der Waals surface area contributed by atoms with Crippen molar-refractivity contribution in [2.24, 2.45) is 0 Å². The third-order valence-corrected chi connectivity index (χ3v) is 0. The first-order valence-corrected chi connectivity index (χ1v) is 0.813. The third-order valence-electron chi connectivity index (χ3n) is 0. The summed E-state index contributed by atoms with van der Waals surface area (Å²) in [5, 5.41) is 0. The number of carbonyl (C=O) groups is 1. The molecule has 1 nitrogen and oxygen atoms in total. The molecule has 0 fully saturated rings. The van der Waals surface area contributed by atoms with Crippen molar-refractivity contribution >= 4 is 6.29 Å². The van der Waals surface area contributed by atoms with Gasteiger partial charge in [0, 0.05) is 0 Å². The second kappa shape index (κ2) is 12.3. The molecular formula is C2H4ClO-. The van der Waals surface area contributed by atoms with Crippen LogP contribution in [-0.2, 0) is 4.79 Å². The van der Waals surface area contributed by atoms with Crippen molar-refractivity contribution in [1.29, 1.82) is 0 Å². The normalized spacial score (nSPS) is 3.25. The highest BCUT2D eigenvalue weighted by molar-refractivity contribution is 5.44. The molecule has 0 aromatic heterocycles. The first-order chi connectivity index (χ1) is 1.41. The van der Waals surface area contributed by atoms with E-state index in [9.17, 15) is 0 Å². The highest BCUT2D eigenvalue weighted by atomic mass is 35.5. The zero-order valence-corrected chi connectivity index (χ0v) is 3.12. The highest BCUT2D eigenvalue weighted by Crippen LogP contribution is 1.13. The Bertz CT molecular complexity index is 13.5. The first-order valence-electron chi connectivity index (χ1n) is 0.813. The van der Waals surface area contributed by atoms with Crippen LogP contribution in [0.15, 0.2) is 0 Å². The van der Waals surface area contributed by atoms with Crippen molar-refractivity contribution < 1.29 is 17.2 Å². The monoisotopic (exact) mass is 79.0 g/mol. The summed E-state index contributed by atoms with van der Waals surface area (Å²) in [4.78, 5) is 8.81. The van der Waals surface area contributed by atoms with Gasteiger partial charge in [-0.2, -0.15) is 0 Å². The molecule has 0 amide bonds. The lowest BCUT2D eigenvalue weighted by Crippen LogP contribution is -3.00. The van der Waals surface area contributed by atoms with Crippen molar-refractivity contribution in [3.8, 4) is 0 Å². The quantitative estimate of drug-likeness (QED) is 0.287. The molecule has 0 unspecified atom stereocenters. The van der Waals surface area contributed by atoms with Gasteiger partial charge in [-0.1, -0.05) is 0 Å². The Morgan fingerprint density at radius 2 is 1.75 bits per heavy atom. The molecule has 26 valence electrons. The molecule has 0 aliphatic rings. The standard InChI is InChI=1S/C2H4O.ClH/c1-2-3;/h2H,1H3;1H/p-1.